The van der Waals surface area contributed by atoms with Crippen LogP contribution < -0.4 is 15.5 Å². The van der Waals surface area contributed by atoms with Crippen LogP contribution in [0.4, 0.5) is 24.8 Å². The molecular formula is C25H31F3N8O3. The minimum absolute atomic E-state index is 0.0436. The van der Waals surface area contributed by atoms with E-state index in [1.807, 2.05) is 18.7 Å². The van der Waals surface area contributed by atoms with Crippen molar-refractivity contribution in [3.63, 3.8) is 0 Å². The van der Waals surface area contributed by atoms with Crippen LogP contribution in [0.2, 0.25) is 0 Å². The number of alkyl halides is 3. The summed E-state index contributed by atoms with van der Waals surface area (Å²) in [4.78, 5) is 31.7. The Kier molecular flexibility index (Phi) is 7.33. The van der Waals surface area contributed by atoms with Crippen LogP contribution in [0.3, 0.4) is 0 Å². The Morgan fingerprint density at radius 2 is 1.97 bits per heavy atom. The maximum Gasteiger partial charge on any atom is 0.417 e. The summed E-state index contributed by atoms with van der Waals surface area (Å²) in [5.41, 5.74) is 0.130. The molecule has 0 bridgehead atoms. The number of amides is 1. The van der Waals surface area contributed by atoms with Crippen molar-refractivity contribution >= 4 is 28.7 Å². The Bertz CT molecular complexity index is 1320. The first kappa shape index (κ1) is 27.1. The topological polar surface area (TPSA) is 141 Å². The van der Waals surface area contributed by atoms with E-state index in [-0.39, 0.29) is 24.4 Å². The third kappa shape index (κ3) is 5.35. The second kappa shape index (κ2) is 10.6. The van der Waals surface area contributed by atoms with Crippen LogP contribution in [-0.2, 0) is 11.0 Å². The van der Waals surface area contributed by atoms with Crippen molar-refractivity contribution in [3.8, 4) is 0 Å². The second-order valence-corrected chi connectivity index (χ2v) is 10.2. The number of hydrogen-bond donors (Lipinski definition) is 4. The van der Waals surface area contributed by atoms with Crippen LogP contribution in [0, 0.1) is 5.92 Å². The van der Waals surface area contributed by atoms with Crippen molar-refractivity contribution in [2.75, 3.05) is 23.3 Å². The highest BCUT2D eigenvalue weighted by Crippen LogP contribution is 2.38. The number of nitrogens with one attached hydrogen (secondary N) is 2. The Hall–Kier alpha value is -3.52. The third-order valence-corrected chi connectivity index (χ3v) is 7.63. The standard InChI is InChI=1S/C25H31F3N8O3/c1-3-13(2)33-24(39)16-8-17(21(38)20(16)37)36-12-32-19-22(30-11-31-23(19)36)34-15-6-7-35(10-15)18-5-4-14(9-29-18)25(26,27)28/h4-5,9,11-13,15-17,20-21,37-38H,3,6-8,10H2,1-2H3,(H,33,39)(H,30,31,34)/t13?,15-,16-,17+,20+,21-/m0/s1. The number of nitrogens with zero attached hydrogens (tertiary/aromatic N) is 6. The summed E-state index contributed by atoms with van der Waals surface area (Å²) in [5, 5.41) is 27.6. The van der Waals surface area contributed by atoms with Gasteiger partial charge in [0.1, 0.15) is 23.8 Å². The zero-order valence-corrected chi connectivity index (χ0v) is 21.5. The highest BCUT2D eigenvalue weighted by Gasteiger charge is 2.46. The lowest BCUT2D eigenvalue weighted by Gasteiger charge is -2.19. The summed E-state index contributed by atoms with van der Waals surface area (Å²) in [7, 11) is 0. The second-order valence-electron chi connectivity index (χ2n) is 10.2. The molecule has 3 aromatic rings. The van der Waals surface area contributed by atoms with Gasteiger partial charge >= 0.3 is 6.18 Å². The zero-order valence-electron chi connectivity index (χ0n) is 21.5. The first-order valence-electron chi connectivity index (χ1n) is 13.0. The number of aliphatic hydroxyl groups is 2. The fourth-order valence-corrected chi connectivity index (χ4v) is 5.22. The fourth-order valence-electron chi connectivity index (χ4n) is 5.22. The molecule has 1 aliphatic carbocycles. The largest absolute Gasteiger partial charge is 0.417 e. The molecule has 6 atom stereocenters. The monoisotopic (exact) mass is 548 g/mol. The van der Waals surface area contributed by atoms with Gasteiger partial charge in [0.15, 0.2) is 11.5 Å². The average molecular weight is 549 g/mol. The van der Waals surface area contributed by atoms with Crippen molar-refractivity contribution in [2.45, 2.75) is 69.6 Å². The summed E-state index contributed by atoms with van der Waals surface area (Å²) in [6.07, 6.45) is -1.43. The molecule has 210 valence electrons. The lowest BCUT2D eigenvalue weighted by molar-refractivity contribution is -0.137. The van der Waals surface area contributed by atoms with Crippen molar-refractivity contribution in [3.05, 3.63) is 36.5 Å². The predicted octanol–water partition coefficient (Wildman–Crippen LogP) is 2.13. The molecule has 1 aliphatic heterocycles. The van der Waals surface area contributed by atoms with Crippen LogP contribution in [0.15, 0.2) is 31.0 Å². The predicted molar refractivity (Wildman–Crippen MR) is 136 cm³/mol. The zero-order chi connectivity index (χ0) is 27.9. The number of carbonyl (C=O) groups is 1. The summed E-state index contributed by atoms with van der Waals surface area (Å²) >= 11 is 0. The van der Waals surface area contributed by atoms with E-state index in [0.717, 1.165) is 18.7 Å². The van der Waals surface area contributed by atoms with Gasteiger partial charge in [-0.15, -0.1) is 0 Å². The van der Waals surface area contributed by atoms with Gasteiger partial charge in [-0.25, -0.2) is 19.9 Å². The van der Waals surface area contributed by atoms with Crippen molar-refractivity contribution < 1.29 is 28.2 Å². The number of carbonyl (C=O) groups excluding carboxylic acids is 1. The van der Waals surface area contributed by atoms with Gasteiger partial charge in [-0.3, -0.25) is 4.79 Å². The molecule has 1 amide bonds. The lowest BCUT2D eigenvalue weighted by atomic mass is 10.0. The maximum absolute atomic E-state index is 12.9. The number of hydrogen-bond acceptors (Lipinski definition) is 9. The Labute approximate surface area is 222 Å². The molecule has 1 saturated carbocycles. The molecule has 0 radical (unpaired) electrons. The van der Waals surface area contributed by atoms with Crippen LogP contribution in [0.5, 0.6) is 0 Å². The molecule has 4 heterocycles. The lowest BCUT2D eigenvalue weighted by Crippen LogP contribution is -2.41. The molecule has 3 aromatic heterocycles. The summed E-state index contributed by atoms with van der Waals surface area (Å²) in [6.45, 7) is 4.94. The molecular weight excluding hydrogens is 517 g/mol. The van der Waals surface area contributed by atoms with Gasteiger partial charge < -0.3 is 30.3 Å². The van der Waals surface area contributed by atoms with Crippen LogP contribution in [0.1, 0.15) is 44.7 Å². The van der Waals surface area contributed by atoms with Crippen molar-refractivity contribution in [1.29, 1.82) is 0 Å². The number of anilines is 2. The maximum atomic E-state index is 12.9. The quantitative estimate of drug-likeness (QED) is 0.349. The summed E-state index contributed by atoms with van der Waals surface area (Å²) in [5.74, 6) is -0.123. The smallest absolute Gasteiger partial charge is 0.390 e. The molecule has 5 rings (SSSR count). The van der Waals surface area contributed by atoms with Crippen molar-refractivity contribution in [1.82, 2.24) is 29.8 Å². The van der Waals surface area contributed by atoms with Gasteiger partial charge in [-0.2, -0.15) is 13.2 Å². The highest BCUT2D eigenvalue weighted by atomic mass is 19.4. The molecule has 4 N–H and O–H groups in total. The summed E-state index contributed by atoms with van der Waals surface area (Å²) < 4.78 is 40.2. The van der Waals surface area contributed by atoms with Gasteiger partial charge in [0.25, 0.3) is 0 Å². The molecule has 1 unspecified atom stereocenters. The van der Waals surface area contributed by atoms with E-state index in [0.29, 0.717) is 42.3 Å². The van der Waals surface area contributed by atoms with Gasteiger partial charge in [-0.05, 0) is 38.3 Å². The van der Waals surface area contributed by atoms with Gasteiger partial charge in [0.05, 0.1) is 30.0 Å². The van der Waals surface area contributed by atoms with E-state index in [1.54, 1.807) is 4.57 Å². The Morgan fingerprint density at radius 3 is 2.67 bits per heavy atom. The normalized spacial score (nSPS) is 26.2. The van der Waals surface area contributed by atoms with Gasteiger partial charge in [0, 0.05) is 31.4 Å². The number of aromatic nitrogens is 5. The molecule has 0 spiro atoms. The highest BCUT2D eigenvalue weighted by molar-refractivity contribution is 5.83. The number of aliphatic hydroxyl groups excluding tert-OH is 2. The van der Waals surface area contributed by atoms with Gasteiger partial charge in [-0.1, -0.05) is 6.92 Å². The molecule has 0 aromatic carbocycles. The number of rotatable bonds is 7. The van der Waals surface area contributed by atoms with Crippen molar-refractivity contribution in [2.24, 2.45) is 5.92 Å². The molecule has 11 nitrogen and oxygen atoms in total. The molecule has 2 aliphatic rings. The van der Waals surface area contributed by atoms with E-state index in [4.69, 9.17) is 0 Å². The molecule has 14 heteroatoms. The van der Waals surface area contributed by atoms with E-state index in [9.17, 15) is 28.2 Å². The van der Waals surface area contributed by atoms with Crippen LogP contribution >= 0.6 is 0 Å². The van der Waals surface area contributed by atoms with E-state index in [1.165, 1.54) is 18.7 Å². The van der Waals surface area contributed by atoms with Crippen LogP contribution in [0.25, 0.3) is 11.2 Å². The minimum atomic E-state index is -4.43. The SMILES string of the molecule is CCC(C)NC(=O)[C@H]1C[C@@H](n2cnc3c(N[C@H]4CCN(c5ccc(C(F)(F)F)cn5)C4)ncnc32)[C@H](O)[C@@H]1O. The van der Waals surface area contributed by atoms with E-state index in [2.05, 4.69) is 30.6 Å². The fraction of sp³-hybridized carbons (Fsp3) is 0.560. The first-order valence-corrected chi connectivity index (χ1v) is 13.0. The van der Waals surface area contributed by atoms with E-state index >= 15 is 0 Å². The third-order valence-electron chi connectivity index (χ3n) is 7.63. The number of fused-ring (bicyclic) bond motifs is 1. The first-order chi connectivity index (χ1) is 18.6. The molecule has 2 fully saturated rings. The van der Waals surface area contributed by atoms with E-state index < -0.39 is 35.9 Å². The average Bonchev–Trinajstić information content (AvgIpc) is 3.62. The Balaban J connectivity index is 1.29. The van der Waals surface area contributed by atoms with Crippen LogP contribution in [-0.4, -0.2) is 78.0 Å². The Morgan fingerprint density at radius 1 is 1.18 bits per heavy atom. The minimum Gasteiger partial charge on any atom is -0.390 e. The van der Waals surface area contributed by atoms with Gasteiger partial charge in [0.2, 0.25) is 5.91 Å². The number of pyridine rings is 1. The number of imidazole rings is 1. The molecule has 39 heavy (non-hydrogen) atoms. The number of halogens is 3. The molecule has 1 saturated heterocycles. The summed E-state index contributed by atoms with van der Waals surface area (Å²) in [6, 6.07) is 1.68.